The van der Waals surface area contributed by atoms with Gasteiger partial charge in [-0.15, -0.1) is 0 Å². The Bertz CT molecular complexity index is 383. The minimum Gasteiger partial charge on any atom is -0.327 e. The molecular weight excluding hydrogens is 300 g/mol. The average Bonchev–Trinajstić information content (AvgIpc) is 2.96. The topological polar surface area (TPSA) is 65.3 Å². The summed E-state index contributed by atoms with van der Waals surface area (Å²) in [6.07, 6.45) is 4.28. The van der Waals surface area contributed by atoms with E-state index < -0.39 is 6.55 Å². The summed E-state index contributed by atoms with van der Waals surface area (Å²) in [6, 6.07) is 0.0782. The molecule has 5 N–H and O–H groups in total. The van der Waals surface area contributed by atoms with Crippen LogP contribution in [0, 0.1) is 17.8 Å². The van der Waals surface area contributed by atoms with Crippen molar-refractivity contribution in [2.75, 3.05) is 26.2 Å². The van der Waals surface area contributed by atoms with Gasteiger partial charge >= 0.3 is 6.55 Å². The maximum absolute atomic E-state index is 13.4. The zero-order valence-electron chi connectivity index (χ0n) is 14.0. The molecule has 4 unspecified atom stereocenters. The Labute approximate surface area is 137 Å². The van der Waals surface area contributed by atoms with Crippen molar-refractivity contribution in [3.8, 4) is 0 Å². The quantitative estimate of drug-likeness (QED) is 0.534. The van der Waals surface area contributed by atoms with E-state index in [-0.39, 0.29) is 24.0 Å². The molecule has 0 radical (unpaired) electrons. The van der Waals surface area contributed by atoms with Gasteiger partial charge in [0.05, 0.1) is 6.04 Å². The largest absolute Gasteiger partial charge is 0.327 e. The summed E-state index contributed by atoms with van der Waals surface area (Å²) >= 11 is 0. The van der Waals surface area contributed by atoms with Gasteiger partial charge in [-0.05, 0) is 56.7 Å². The van der Waals surface area contributed by atoms with Crippen molar-refractivity contribution in [2.45, 2.75) is 57.3 Å². The van der Waals surface area contributed by atoms with E-state index in [1.165, 1.54) is 5.01 Å². The lowest BCUT2D eigenvalue weighted by molar-refractivity contribution is -0.0834. The molecule has 134 valence electrons. The normalized spacial score (nSPS) is 43.7. The van der Waals surface area contributed by atoms with Crippen molar-refractivity contribution in [1.29, 1.82) is 0 Å². The van der Waals surface area contributed by atoms with Gasteiger partial charge in [-0.25, -0.2) is 5.43 Å². The van der Waals surface area contributed by atoms with Crippen LogP contribution in [-0.2, 0) is 0 Å². The molecule has 3 aliphatic heterocycles. The number of rotatable bonds is 1. The van der Waals surface area contributed by atoms with Gasteiger partial charge in [-0.2, -0.15) is 13.8 Å². The van der Waals surface area contributed by atoms with Crippen LogP contribution in [0.5, 0.6) is 0 Å². The van der Waals surface area contributed by atoms with Crippen molar-refractivity contribution < 1.29 is 8.78 Å². The van der Waals surface area contributed by atoms with Crippen molar-refractivity contribution in [3.63, 3.8) is 0 Å². The second-order valence-corrected chi connectivity index (χ2v) is 7.67. The molecular formula is C16H31F2N5. The molecule has 0 aliphatic carbocycles. The Morgan fingerprint density at radius 3 is 2.65 bits per heavy atom. The first-order valence-corrected chi connectivity index (χ1v) is 9.06. The van der Waals surface area contributed by atoms with Gasteiger partial charge in [0, 0.05) is 18.6 Å². The van der Waals surface area contributed by atoms with E-state index in [4.69, 9.17) is 5.73 Å². The molecule has 3 heterocycles. The number of hydrogen-bond acceptors (Lipinski definition) is 5. The highest BCUT2D eigenvalue weighted by Gasteiger charge is 2.45. The molecule has 0 aromatic carbocycles. The summed E-state index contributed by atoms with van der Waals surface area (Å²) < 4.78 is 26.9. The first-order chi connectivity index (χ1) is 11.1. The number of piperidine rings is 1. The molecule has 0 spiro atoms. The Morgan fingerprint density at radius 2 is 1.87 bits per heavy atom. The predicted octanol–water partition coefficient (Wildman–Crippen LogP) is 0.729. The molecule has 0 amide bonds. The molecule has 6 atom stereocenters. The third-order valence-corrected chi connectivity index (χ3v) is 5.91. The number of alkyl halides is 2. The van der Waals surface area contributed by atoms with Gasteiger partial charge in [0.15, 0.2) is 0 Å². The second kappa shape index (κ2) is 7.70. The number of nitrogens with two attached hydrogens (primary N) is 1. The Hall–Kier alpha value is -0.340. The number of hydrazine groups is 1. The average molecular weight is 331 g/mol. The molecule has 0 aromatic heterocycles. The van der Waals surface area contributed by atoms with Crippen LogP contribution < -0.4 is 21.8 Å². The zero-order chi connectivity index (χ0) is 16.4. The van der Waals surface area contributed by atoms with Gasteiger partial charge < -0.3 is 16.4 Å². The Morgan fingerprint density at radius 1 is 1.09 bits per heavy atom. The van der Waals surface area contributed by atoms with E-state index in [9.17, 15) is 8.78 Å². The molecule has 3 rings (SSSR count). The van der Waals surface area contributed by atoms with Gasteiger partial charge in [0.2, 0.25) is 0 Å². The molecule has 3 fully saturated rings. The standard InChI is InChI=1S/C16H31F2N5/c1-10-3-2-4-13(19)11-5-12(8-20-7-11)15-14(21-6-10)9-22-23(15)16(17)18/h10-16,20-22H,2-9,19H2,1H3/t10-,11?,12?,13+,14?,15?/m1/s1. The highest BCUT2D eigenvalue weighted by Crippen LogP contribution is 2.31. The second-order valence-electron chi connectivity index (χ2n) is 7.67. The van der Waals surface area contributed by atoms with E-state index in [2.05, 4.69) is 23.0 Å². The summed E-state index contributed by atoms with van der Waals surface area (Å²) in [4.78, 5) is 0. The maximum Gasteiger partial charge on any atom is 0.307 e. The summed E-state index contributed by atoms with van der Waals surface area (Å²) in [5.41, 5.74) is 9.33. The van der Waals surface area contributed by atoms with Gasteiger partial charge in [0.25, 0.3) is 0 Å². The number of nitrogens with zero attached hydrogens (tertiary/aromatic N) is 1. The monoisotopic (exact) mass is 331 g/mol. The molecule has 5 nitrogen and oxygen atoms in total. The van der Waals surface area contributed by atoms with Crippen molar-refractivity contribution in [3.05, 3.63) is 0 Å². The first kappa shape index (κ1) is 17.5. The summed E-state index contributed by atoms with van der Waals surface area (Å²) in [5, 5.41) is 8.17. The molecule has 7 heteroatoms. The van der Waals surface area contributed by atoms with E-state index in [0.29, 0.717) is 18.4 Å². The van der Waals surface area contributed by atoms with Crippen LogP contribution in [0.2, 0.25) is 0 Å². The van der Waals surface area contributed by atoms with Crippen molar-refractivity contribution >= 4 is 0 Å². The molecule has 0 aromatic rings. The lowest BCUT2D eigenvalue weighted by atomic mass is 9.78. The van der Waals surface area contributed by atoms with Gasteiger partial charge in [-0.1, -0.05) is 13.3 Å². The van der Waals surface area contributed by atoms with Crippen LogP contribution >= 0.6 is 0 Å². The fourth-order valence-corrected chi connectivity index (χ4v) is 4.56. The van der Waals surface area contributed by atoms with Crippen molar-refractivity contribution in [2.24, 2.45) is 23.5 Å². The SMILES string of the molecule is C[C@@H]1CCC[C@H](N)C2CNCC(C2)C2C(CNN2C(F)F)NC1. The third kappa shape index (κ3) is 4.02. The smallest absolute Gasteiger partial charge is 0.307 e. The summed E-state index contributed by atoms with van der Waals surface area (Å²) in [5.74, 6) is 1.15. The van der Waals surface area contributed by atoms with Crippen LogP contribution in [0.3, 0.4) is 0 Å². The minimum atomic E-state index is -2.47. The molecule has 2 bridgehead atoms. The predicted molar refractivity (Wildman–Crippen MR) is 86.9 cm³/mol. The van der Waals surface area contributed by atoms with Crippen LogP contribution in [0.15, 0.2) is 0 Å². The van der Waals surface area contributed by atoms with Crippen LogP contribution in [0.25, 0.3) is 0 Å². The van der Waals surface area contributed by atoms with Crippen LogP contribution in [-0.4, -0.2) is 55.9 Å². The van der Waals surface area contributed by atoms with Crippen LogP contribution in [0.4, 0.5) is 8.78 Å². The Balaban J connectivity index is 1.79. The third-order valence-electron chi connectivity index (χ3n) is 5.91. The van der Waals surface area contributed by atoms with Crippen molar-refractivity contribution in [1.82, 2.24) is 21.1 Å². The number of hydrogen-bond donors (Lipinski definition) is 4. The number of nitrogens with one attached hydrogen (secondary N) is 3. The lowest BCUT2D eigenvalue weighted by Gasteiger charge is -2.41. The van der Waals surface area contributed by atoms with Gasteiger partial charge in [-0.3, -0.25) is 0 Å². The van der Waals surface area contributed by atoms with E-state index >= 15 is 0 Å². The minimum absolute atomic E-state index is 0.0765. The molecule has 0 saturated carbocycles. The molecule has 3 saturated heterocycles. The fourth-order valence-electron chi connectivity index (χ4n) is 4.56. The molecule has 3 aliphatic rings. The number of halogens is 2. The van der Waals surface area contributed by atoms with E-state index in [1.54, 1.807) is 0 Å². The molecule has 23 heavy (non-hydrogen) atoms. The summed E-state index contributed by atoms with van der Waals surface area (Å²) in [7, 11) is 0. The highest BCUT2D eigenvalue weighted by atomic mass is 19.3. The van der Waals surface area contributed by atoms with E-state index in [0.717, 1.165) is 45.3 Å². The first-order valence-electron chi connectivity index (χ1n) is 9.06. The summed E-state index contributed by atoms with van der Waals surface area (Å²) in [6.45, 7) is 2.95. The number of fused-ring (bicyclic) bond motifs is 4. The highest BCUT2D eigenvalue weighted by molar-refractivity contribution is 4.98. The van der Waals surface area contributed by atoms with Crippen LogP contribution in [0.1, 0.15) is 32.6 Å². The Kier molecular flexibility index (Phi) is 5.85. The van der Waals surface area contributed by atoms with E-state index in [1.807, 2.05) is 0 Å². The fraction of sp³-hybridized carbons (Fsp3) is 1.00. The van der Waals surface area contributed by atoms with Gasteiger partial charge in [0.1, 0.15) is 0 Å². The maximum atomic E-state index is 13.4. The zero-order valence-corrected chi connectivity index (χ0v) is 14.0. The lowest BCUT2D eigenvalue weighted by Crippen LogP contribution is -2.57.